The molecule has 1 aromatic rings. The molecule has 2 aliphatic heterocycles. The smallest absolute Gasteiger partial charge is 0.414 e. The van der Waals surface area contributed by atoms with Crippen molar-refractivity contribution >= 4 is 23.7 Å². The molecular weight excluding hydrogens is 304 g/mol. The molecule has 2 N–H and O–H groups in total. The summed E-state index contributed by atoms with van der Waals surface area (Å²) in [5.41, 5.74) is 0.569. The molecule has 0 saturated carbocycles. The minimum atomic E-state index is -0.907. The summed E-state index contributed by atoms with van der Waals surface area (Å²) < 4.78 is 4.93. The van der Waals surface area contributed by atoms with E-state index in [-0.39, 0.29) is 13.2 Å². The highest BCUT2D eigenvalue weighted by molar-refractivity contribution is 5.90. The molecule has 0 aromatic carbocycles. The average molecular weight is 322 g/mol. The number of hydrogen-bond donors (Lipinski definition) is 2. The van der Waals surface area contributed by atoms with Crippen molar-refractivity contribution in [1.82, 2.24) is 9.88 Å². The average Bonchev–Trinajstić information content (AvgIpc) is 2.96. The number of aromatic nitrogens is 1. The predicted molar refractivity (Wildman–Crippen MR) is 80.7 cm³/mol. The number of aliphatic hydroxyl groups excluding tert-OH is 1. The maximum atomic E-state index is 11.7. The molecular formula is C14H18N4O5. The van der Waals surface area contributed by atoms with Crippen molar-refractivity contribution in [2.24, 2.45) is 0 Å². The Bertz CT molecular complexity index is 585. The molecule has 124 valence electrons. The molecule has 0 spiro atoms. The van der Waals surface area contributed by atoms with E-state index in [1.807, 2.05) is 4.90 Å². The van der Waals surface area contributed by atoms with E-state index in [0.717, 1.165) is 5.82 Å². The van der Waals surface area contributed by atoms with E-state index in [9.17, 15) is 14.7 Å². The number of hydrogen-bond acceptors (Lipinski definition) is 6. The summed E-state index contributed by atoms with van der Waals surface area (Å²) in [6.45, 7) is 2.00. The number of carbonyl (C=O) groups is 2. The van der Waals surface area contributed by atoms with Crippen molar-refractivity contribution in [3.63, 3.8) is 0 Å². The second-order valence-electron chi connectivity index (χ2n) is 5.41. The van der Waals surface area contributed by atoms with Crippen molar-refractivity contribution in [2.75, 3.05) is 49.2 Å². The number of anilines is 2. The number of amides is 2. The van der Waals surface area contributed by atoms with Crippen LogP contribution >= 0.6 is 0 Å². The Labute approximate surface area is 132 Å². The van der Waals surface area contributed by atoms with Crippen molar-refractivity contribution in [1.29, 1.82) is 0 Å². The Balaban J connectivity index is 1.68. The third kappa shape index (κ3) is 3.00. The first-order chi connectivity index (χ1) is 11.1. The topological polar surface area (TPSA) is 106 Å². The number of ether oxygens (including phenoxy) is 1. The molecule has 2 aliphatic rings. The van der Waals surface area contributed by atoms with Crippen LogP contribution in [0.5, 0.6) is 0 Å². The van der Waals surface area contributed by atoms with Gasteiger partial charge in [-0.3, -0.25) is 4.90 Å². The van der Waals surface area contributed by atoms with E-state index >= 15 is 0 Å². The maximum Gasteiger partial charge on any atom is 0.414 e. The zero-order chi connectivity index (χ0) is 16.4. The monoisotopic (exact) mass is 322 g/mol. The summed E-state index contributed by atoms with van der Waals surface area (Å²) in [7, 11) is 0. The molecule has 2 saturated heterocycles. The maximum absolute atomic E-state index is 11.7. The lowest BCUT2D eigenvalue weighted by Gasteiger charge is -2.34. The SMILES string of the molecule is O=C(O)N1CCN(c2ccc(N3C(=O)OC[C@H]3CO)cn2)CC1. The number of pyridine rings is 1. The summed E-state index contributed by atoms with van der Waals surface area (Å²) >= 11 is 0. The van der Waals surface area contributed by atoms with Gasteiger partial charge in [-0.15, -0.1) is 0 Å². The summed E-state index contributed by atoms with van der Waals surface area (Å²) in [4.78, 5) is 31.7. The van der Waals surface area contributed by atoms with Crippen LogP contribution < -0.4 is 9.80 Å². The number of carboxylic acid groups (broad SMARTS) is 1. The molecule has 1 aromatic heterocycles. The molecule has 9 heteroatoms. The summed E-state index contributed by atoms with van der Waals surface area (Å²) in [6.07, 6.45) is 0.165. The number of nitrogens with zero attached hydrogens (tertiary/aromatic N) is 4. The van der Waals surface area contributed by atoms with E-state index in [2.05, 4.69) is 4.98 Å². The highest BCUT2D eigenvalue weighted by Gasteiger charge is 2.34. The molecule has 0 unspecified atom stereocenters. The number of piperazine rings is 1. The van der Waals surface area contributed by atoms with Crippen LogP contribution in [-0.4, -0.2) is 77.7 Å². The minimum absolute atomic E-state index is 0.161. The van der Waals surface area contributed by atoms with E-state index in [1.54, 1.807) is 18.3 Å². The van der Waals surface area contributed by atoms with Gasteiger partial charge < -0.3 is 24.7 Å². The van der Waals surface area contributed by atoms with Crippen LogP contribution in [0.2, 0.25) is 0 Å². The summed E-state index contributed by atoms with van der Waals surface area (Å²) in [5.74, 6) is 0.729. The fraction of sp³-hybridized carbons (Fsp3) is 0.500. The lowest BCUT2D eigenvalue weighted by Crippen LogP contribution is -2.48. The first-order valence-electron chi connectivity index (χ1n) is 7.36. The Kier molecular flexibility index (Phi) is 4.20. The standard InChI is InChI=1S/C14H18N4O5/c19-8-11-9-23-14(22)18(11)10-1-2-12(15-7-10)16-3-5-17(6-4-16)13(20)21/h1-2,7,11,19H,3-6,8-9H2,(H,20,21)/t11-/m1/s1. The van der Waals surface area contributed by atoms with Gasteiger partial charge in [-0.25, -0.2) is 14.6 Å². The number of cyclic esters (lactones) is 1. The summed E-state index contributed by atoms with van der Waals surface area (Å²) in [6, 6.07) is 3.14. The van der Waals surface area contributed by atoms with Gasteiger partial charge in [-0.2, -0.15) is 0 Å². The molecule has 3 rings (SSSR count). The molecule has 0 aliphatic carbocycles. The van der Waals surface area contributed by atoms with Crippen LogP contribution in [0.4, 0.5) is 21.1 Å². The van der Waals surface area contributed by atoms with Gasteiger partial charge in [0.15, 0.2) is 0 Å². The zero-order valence-corrected chi connectivity index (χ0v) is 12.5. The molecule has 2 amide bonds. The third-order valence-electron chi connectivity index (χ3n) is 4.06. The van der Waals surface area contributed by atoms with Gasteiger partial charge in [0.1, 0.15) is 12.4 Å². The van der Waals surface area contributed by atoms with Crippen molar-refractivity contribution in [3.05, 3.63) is 18.3 Å². The van der Waals surface area contributed by atoms with Crippen LogP contribution in [0.3, 0.4) is 0 Å². The van der Waals surface area contributed by atoms with E-state index in [0.29, 0.717) is 31.9 Å². The van der Waals surface area contributed by atoms with Crippen LogP contribution in [-0.2, 0) is 4.74 Å². The minimum Gasteiger partial charge on any atom is -0.465 e. The van der Waals surface area contributed by atoms with Crippen molar-refractivity contribution in [3.8, 4) is 0 Å². The van der Waals surface area contributed by atoms with E-state index < -0.39 is 18.2 Å². The molecule has 2 fully saturated rings. The van der Waals surface area contributed by atoms with Crippen LogP contribution in [0, 0.1) is 0 Å². The van der Waals surface area contributed by atoms with Gasteiger partial charge in [0.2, 0.25) is 0 Å². The Morgan fingerprint density at radius 2 is 2.04 bits per heavy atom. The quantitative estimate of drug-likeness (QED) is 0.818. The molecule has 0 radical (unpaired) electrons. The van der Waals surface area contributed by atoms with Gasteiger partial charge in [-0.1, -0.05) is 0 Å². The van der Waals surface area contributed by atoms with Crippen molar-refractivity contribution < 1.29 is 24.5 Å². The van der Waals surface area contributed by atoms with Gasteiger partial charge in [0.05, 0.1) is 24.5 Å². The van der Waals surface area contributed by atoms with E-state index in [1.165, 1.54) is 9.80 Å². The largest absolute Gasteiger partial charge is 0.465 e. The lowest BCUT2D eigenvalue weighted by molar-refractivity contribution is 0.142. The van der Waals surface area contributed by atoms with Crippen molar-refractivity contribution in [2.45, 2.75) is 6.04 Å². The highest BCUT2D eigenvalue weighted by Crippen LogP contribution is 2.24. The highest BCUT2D eigenvalue weighted by atomic mass is 16.6. The van der Waals surface area contributed by atoms with E-state index in [4.69, 9.17) is 9.84 Å². The third-order valence-corrected chi connectivity index (χ3v) is 4.06. The van der Waals surface area contributed by atoms with Gasteiger partial charge >= 0.3 is 12.2 Å². The Morgan fingerprint density at radius 3 is 2.61 bits per heavy atom. The van der Waals surface area contributed by atoms with Gasteiger partial charge in [-0.05, 0) is 12.1 Å². The molecule has 9 nitrogen and oxygen atoms in total. The molecule has 0 bridgehead atoms. The Morgan fingerprint density at radius 1 is 1.30 bits per heavy atom. The first kappa shape index (κ1) is 15.3. The second kappa shape index (κ2) is 6.29. The fourth-order valence-corrected chi connectivity index (χ4v) is 2.75. The normalized spacial score (nSPS) is 21.5. The molecule has 3 heterocycles. The number of rotatable bonds is 3. The molecule has 1 atom stereocenters. The Hall–Kier alpha value is -2.55. The van der Waals surface area contributed by atoms with Crippen LogP contribution in [0.15, 0.2) is 18.3 Å². The van der Waals surface area contributed by atoms with Gasteiger partial charge in [0, 0.05) is 26.2 Å². The van der Waals surface area contributed by atoms with Gasteiger partial charge in [0.25, 0.3) is 0 Å². The first-order valence-corrected chi connectivity index (χ1v) is 7.36. The molecule has 23 heavy (non-hydrogen) atoms. The lowest BCUT2D eigenvalue weighted by atomic mass is 10.2. The number of carbonyl (C=O) groups excluding carboxylic acids is 1. The van der Waals surface area contributed by atoms with Crippen LogP contribution in [0.1, 0.15) is 0 Å². The van der Waals surface area contributed by atoms with Crippen LogP contribution in [0.25, 0.3) is 0 Å². The summed E-state index contributed by atoms with van der Waals surface area (Å²) in [5, 5.41) is 18.2. The number of aliphatic hydroxyl groups is 1. The zero-order valence-electron chi connectivity index (χ0n) is 12.5. The predicted octanol–water partition coefficient (Wildman–Crippen LogP) is 0.199. The fourth-order valence-electron chi connectivity index (χ4n) is 2.75. The second-order valence-corrected chi connectivity index (χ2v) is 5.41.